The molecule has 3 atom stereocenters. The lowest BCUT2D eigenvalue weighted by Crippen LogP contribution is -2.29. The summed E-state index contributed by atoms with van der Waals surface area (Å²) in [5.41, 5.74) is 0.607. The first kappa shape index (κ1) is 14.1. The molecule has 0 saturated heterocycles. The number of hydrogen-bond donors (Lipinski definition) is 1. The van der Waals surface area contributed by atoms with Crippen LogP contribution in [0.15, 0.2) is 30.3 Å². The number of aliphatic hydroxyl groups is 1. The normalized spacial score (nSPS) is 35.5. The first-order valence-corrected chi connectivity index (χ1v) is 8.58. The third-order valence-corrected chi connectivity index (χ3v) is 5.44. The van der Waals surface area contributed by atoms with Gasteiger partial charge in [-0.15, -0.1) is 0 Å². The Morgan fingerprint density at radius 1 is 0.850 bits per heavy atom. The predicted octanol–water partition coefficient (Wildman–Crippen LogP) is 5.03. The Kier molecular flexibility index (Phi) is 4.45. The monoisotopic (exact) mass is 272 g/mol. The lowest BCUT2D eigenvalue weighted by atomic mass is 9.82. The van der Waals surface area contributed by atoms with Crippen LogP contribution < -0.4 is 0 Å². The van der Waals surface area contributed by atoms with E-state index >= 15 is 0 Å². The highest BCUT2D eigenvalue weighted by Crippen LogP contribution is 2.55. The lowest BCUT2D eigenvalue weighted by molar-refractivity contribution is -0.00431. The summed E-state index contributed by atoms with van der Waals surface area (Å²) in [6.07, 6.45) is 12.9. The van der Waals surface area contributed by atoms with Gasteiger partial charge >= 0.3 is 0 Å². The van der Waals surface area contributed by atoms with Crippen LogP contribution in [-0.4, -0.2) is 5.11 Å². The molecular weight excluding hydrogens is 244 g/mol. The summed E-state index contributed by atoms with van der Waals surface area (Å²) >= 11 is 0. The third kappa shape index (κ3) is 3.09. The van der Waals surface area contributed by atoms with Crippen molar-refractivity contribution in [3.63, 3.8) is 0 Å². The SMILES string of the molecule is O[C@@]1(c2ccccc2)CCCCCCCCC[C@@H]2C[C@@H]21. The van der Waals surface area contributed by atoms with Crippen molar-refractivity contribution < 1.29 is 5.11 Å². The Balaban J connectivity index is 1.75. The summed E-state index contributed by atoms with van der Waals surface area (Å²) in [5, 5.41) is 11.3. The van der Waals surface area contributed by atoms with E-state index in [0.717, 1.165) is 17.9 Å². The van der Waals surface area contributed by atoms with Gasteiger partial charge in [-0.2, -0.15) is 0 Å². The van der Waals surface area contributed by atoms with Gasteiger partial charge in [0.05, 0.1) is 5.60 Å². The van der Waals surface area contributed by atoms with Crippen LogP contribution >= 0.6 is 0 Å². The first-order chi connectivity index (χ1) is 9.81. The van der Waals surface area contributed by atoms with Crippen molar-refractivity contribution in [1.29, 1.82) is 0 Å². The second-order valence-corrected chi connectivity index (χ2v) is 6.91. The Morgan fingerprint density at radius 3 is 2.25 bits per heavy atom. The maximum atomic E-state index is 11.3. The van der Waals surface area contributed by atoms with Crippen molar-refractivity contribution in [3.05, 3.63) is 35.9 Å². The minimum absolute atomic E-state index is 0.518. The second kappa shape index (κ2) is 6.30. The topological polar surface area (TPSA) is 20.2 Å². The van der Waals surface area contributed by atoms with Crippen molar-refractivity contribution in [2.24, 2.45) is 11.8 Å². The van der Waals surface area contributed by atoms with Crippen LogP contribution in [0.4, 0.5) is 0 Å². The summed E-state index contributed by atoms with van der Waals surface area (Å²) in [4.78, 5) is 0. The fourth-order valence-electron chi connectivity index (χ4n) is 4.11. The Hall–Kier alpha value is -0.820. The van der Waals surface area contributed by atoms with Crippen molar-refractivity contribution in [1.82, 2.24) is 0 Å². The number of hydrogen-bond acceptors (Lipinski definition) is 1. The summed E-state index contributed by atoms with van der Waals surface area (Å²) in [5.74, 6) is 1.30. The van der Waals surface area contributed by atoms with E-state index in [1.807, 2.05) is 6.07 Å². The average Bonchev–Trinajstić information content (AvgIpc) is 3.25. The molecule has 2 fully saturated rings. The molecule has 110 valence electrons. The van der Waals surface area contributed by atoms with Crippen LogP contribution in [0.25, 0.3) is 0 Å². The molecule has 0 bridgehead atoms. The molecule has 2 aliphatic carbocycles. The molecule has 1 aromatic rings. The zero-order valence-corrected chi connectivity index (χ0v) is 12.6. The zero-order chi connectivity index (χ0) is 13.8. The van der Waals surface area contributed by atoms with Gasteiger partial charge in [0, 0.05) is 0 Å². The van der Waals surface area contributed by atoms with Gasteiger partial charge in [-0.1, -0.05) is 81.7 Å². The Morgan fingerprint density at radius 2 is 1.50 bits per heavy atom. The molecule has 2 aliphatic rings. The molecule has 0 radical (unpaired) electrons. The smallest absolute Gasteiger partial charge is 0.0927 e. The predicted molar refractivity (Wildman–Crippen MR) is 83.5 cm³/mol. The van der Waals surface area contributed by atoms with Crippen LogP contribution in [0.1, 0.15) is 69.8 Å². The summed E-state index contributed by atoms with van der Waals surface area (Å²) < 4.78 is 0. The summed E-state index contributed by atoms with van der Waals surface area (Å²) in [6.45, 7) is 0. The molecule has 0 spiro atoms. The highest BCUT2D eigenvalue weighted by atomic mass is 16.3. The van der Waals surface area contributed by atoms with Gasteiger partial charge in [0.2, 0.25) is 0 Å². The van der Waals surface area contributed by atoms with E-state index < -0.39 is 5.60 Å². The van der Waals surface area contributed by atoms with Gasteiger partial charge in [0.1, 0.15) is 0 Å². The molecule has 2 saturated carbocycles. The number of benzene rings is 1. The van der Waals surface area contributed by atoms with Crippen molar-refractivity contribution in [2.75, 3.05) is 0 Å². The Labute approximate surface area is 123 Å². The second-order valence-electron chi connectivity index (χ2n) is 6.91. The highest BCUT2D eigenvalue weighted by Gasteiger charge is 2.51. The molecule has 0 amide bonds. The minimum atomic E-state index is -0.550. The van der Waals surface area contributed by atoms with E-state index in [1.54, 1.807) is 0 Å². The summed E-state index contributed by atoms with van der Waals surface area (Å²) in [6, 6.07) is 10.4. The van der Waals surface area contributed by atoms with E-state index in [9.17, 15) is 5.11 Å². The van der Waals surface area contributed by atoms with E-state index in [4.69, 9.17) is 0 Å². The maximum absolute atomic E-state index is 11.3. The molecule has 1 N–H and O–H groups in total. The van der Waals surface area contributed by atoms with Gasteiger partial charge in [0.15, 0.2) is 0 Å². The van der Waals surface area contributed by atoms with Gasteiger partial charge in [-0.3, -0.25) is 0 Å². The number of rotatable bonds is 1. The van der Waals surface area contributed by atoms with Crippen molar-refractivity contribution >= 4 is 0 Å². The number of fused-ring (bicyclic) bond motifs is 1. The molecule has 20 heavy (non-hydrogen) atoms. The zero-order valence-electron chi connectivity index (χ0n) is 12.6. The van der Waals surface area contributed by atoms with Gasteiger partial charge in [-0.25, -0.2) is 0 Å². The lowest BCUT2D eigenvalue weighted by Gasteiger charge is -2.30. The van der Waals surface area contributed by atoms with Crippen LogP contribution in [0.3, 0.4) is 0 Å². The highest BCUT2D eigenvalue weighted by molar-refractivity contribution is 5.25. The average molecular weight is 272 g/mol. The molecule has 0 heterocycles. The molecule has 0 aromatic heterocycles. The molecule has 1 aromatic carbocycles. The molecule has 3 rings (SSSR count). The molecule has 1 heteroatoms. The van der Waals surface area contributed by atoms with Gasteiger partial charge in [-0.05, 0) is 30.2 Å². The fraction of sp³-hybridized carbons (Fsp3) is 0.684. The minimum Gasteiger partial charge on any atom is -0.385 e. The van der Waals surface area contributed by atoms with Crippen molar-refractivity contribution in [3.8, 4) is 0 Å². The van der Waals surface area contributed by atoms with Crippen LogP contribution in [-0.2, 0) is 5.60 Å². The quantitative estimate of drug-likeness (QED) is 0.759. The first-order valence-electron chi connectivity index (χ1n) is 8.58. The molecule has 0 unspecified atom stereocenters. The molecule has 1 nitrogen and oxygen atoms in total. The maximum Gasteiger partial charge on any atom is 0.0927 e. The van der Waals surface area contributed by atoms with Crippen LogP contribution in [0, 0.1) is 11.8 Å². The molecular formula is C19H28O. The van der Waals surface area contributed by atoms with E-state index in [2.05, 4.69) is 24.3 Å². The summed E-state index contributed by atoms with van der Waals surface area (Å²) in [7, 11) is 0. The van der Waals surface area contributed by atoms with Gasteiger partial charge < -0.3 is 5.11 Å². The molecule has 0 aliphatic heterocycles. The fourth-order valence-corrected chi connectivity index (χ4v) is 4.11. The van der Waals surface area contributed by atoms with E-state index in [1.165, 1.54) is 57.8 Å². The standard InChI is InChI=1S/C19H28O/c20-19(17-12-8-6-9-13-17)14-10-5-3-1-2-4-7-11-16-15-18(16)19/h6,8-9,12-13,16,18,20H,1-5,7,10-11,14-15H2/t16-,18+,19-/m1/s1. The van der Waals surface area contributed by atoms with Crippen LogP contribution in [0.2, 0.25) is 0 Å². The van der Waals surface area contributed by atoms with Crippen molar-refractivity contribution in [2.45, 2.75) is 69.8 Å². The van der Waals surface area contributed by atoms with Gasteiger partial charge in [0.25, 0.3) is 0 Å². The largest absolute Gasteiger partial charge is 0.385 e. The Bertz CT molecular complexity index is 413. The van der Waals surface area contributed by atoms with E-state index in [-0.39, 0.29) is 0 Å². The third-order valence-electron chi connectivity index (χ3n) is 5.44. The van der Waals surface area contributed by atoms with Crippen LogP contribution in [0.5, 0.6) is 0 Å². The van der Waals surface area contributed by atoms with E-state index in [0.29, 0.717) is 5.92 Å².